The maximum absolute atomic E-state index is 11.9. The molecule has 0 saturated heterocycles. The van der Waals surface area contributed by atoms with Crippen molar-refractivity contribution in [3.63, 3.8) is 0 Å². The molecule has 0 spiro atoms. The van der Waals surface area contributed by atoms with Crippen LogP contribution in [0.15, 0.2) is 0 Å². The second-order valence-corrected chi connectivity index (χ2v) is 5.77. The van der Waals surface area contributed by atoms with Gasteiger partial charge < -0.3 is 10.4 Å². The number of amides is 1. The molecule has 1 amide bonds. The molecule has 20 heavy (non-hydrogen) atoms. The number of hydrogen-bond donors (Lipinski definition) is 2. The molecule has 0 radical (unpaired) electrons. The van der Waals surface area contributed by atoms with Gasteiger partial charge in [0.15, 0.2) is 0 Å². The van der Waals surface area contributed by atoms with Gasteiger partial charge in [0, 0.05) is 25.0 Å². The highest BCUT2D eigenvalue weighted by Crippen LogP contribution is 2.17. The fourth-order valence-electron chi connectivity index (χ4n) is 2.68. The minimum Gasteiger partial charge on any atom is -0.480 e. The van der Waals surface area contributed by atoms with Gasteiger partial charge in [-0.1, -0.05) is 26.2 Å². The molecule has 0 aromatic heterocycles. The first-order valence-electron chi connectivity index (χ1n) is 7.78. The molecule has 1 fully saturated rings. The third-order valence-electron chi connectivity index (χ3n) is 4.15. The van der Waals surface area contributed by atoms with Crippen LogP contribution < -0.4 is 5.32 Å². The van der Waals surface area contributed by atoms with Crippen LogP contribution in [0.25, 0.3) is 0 Å². The highest BCUT2D eigenvalue weighted by Gasteiger charge is 2.19. The molecule has 116 valence electrons. The Morgan fingerprint density at radius 1 is 1.30 bits per heavy atom. The minimum atomic E-state index is -0.835. The maximum atomic E-state index is 11.9. The van der Waals surface area contributed by atoms with E-state index >= 15 is 0 Å². The largest absolute Gasteiger partial charge is 0.480 e. The highest BCUT2D eigenvalue weighted by molar-refractivity contribution is 5.76. The highest BCUT2D eigenvalue weighted by atomic mass is 16.4. The van der Waals surface area contributed by atoms with Crippen molar-refractivity contribution in [2.75, 3.05) is 13.1 Å². The van der Waals surface area contributed by atoms with Gasteiger partial charge in [-0.15, -0.1) is 0 Å². The third kappa shape index (κ3) is 6.37. The van der Waals surface area contributed by atoms with E-state index in [0.717, 1.165) is 19.3 Å². The topological polar surface area (TPSA) is 69.6 Å². The zero-order valence-corrected chi connectivity index (χ0v) is 12.7. The molecule has 5 nitrogen and oxygen atoms in total. The SMILES string of the molecule is CCC(C)N(CCC(=O)NC1CCCCC1)CC(=O)O. The second kappa shape index (κ2) is 8.95. The zero-order valence-electron chi connectivity index (χ0n) is 12.7. The lowest BCUT2D eigenvalue weighted by Crippen LogP contribution is -2.41. The van der Waals surface area contributed by atoms with Crippen LogP contribution >= 0.6 is 0 Å². The average Bonchev–Trinajstić information content (AvgIpc) is 2.43. The molecule has 1 aliphatic carbocycles. The summed E-state index contributed by atoms with van der Waals surface area (Å²) in [5.41, 5.74) is 0. The summed E-state index contributed by atoms with van der Waals surface area (Å²) in [5, 5.41) is 12.0. The van der Waals surface area contributed by atoms with Crippen molar-refractivity contribution in [3.05, 3.63) is 0 Å². The molecule has 1 saturated carbocycles. The van der Waals surface area contributed by atoms with Crippen molar-refractivity contribution in [2.45, 2.75) is 70.9 Å². The summed E-state index contributed by atoms with van der Waals surface area (Å²) in [6.45, 7) is 4.55. The van der Waals surface area contributed by atoms with Crippen molar-refractivity contribution >= 4 is 11.9 Å². The first-order chi connectivity index (χ1) is 9.52. The molecular formula is C15H28N2O3. The van der Waals surface area contributed by atoms with Crippen molar-refractivity contribution in [1.82, 2.24) is 10.2 Å². The molecule has 2 N–H and O–H groups in total. The Morgan fingerprint density at radius 2 is 1.95 bits per heavy atom. The molecule has 1 rings (SSSR count). The number of carboxylic acids is 1. The summed E-state index contributed by atoms with van der Waals surface area (Å²) < 4.78 is 0. The average molecular weight is 284 g/mol. The number of hydrogen-bond acceptors (Lipinski definition) is 3. The number of rotatable bonds is 8. The smallest absolute Gasteiger partial charge is 0.317 e. The molecular weight excluding hydrogens is 256 g/mol. The van der Waals surface area contributed by atoms with Crippen molar-refractivity contribution in [2.24, 2.45) is 0 Å². The molecule has 1 aliphatic rings. The van der Waals surface area contributed by atoms with Crippen LogP contribution in [0.5, 0.6) is 0 Å². The Balaban J connectivity index is 2.33. The van der Waals surface area contributed by atoms with Crippen LogP contribution in [0.3, 0.4) is 0 Å². The predicted octanol–water partition coefficient (Wildman–Crippen LogP) is 2.01. The first-order valence-corrected chi connectivity index (χ1v) is 7.78. The maximum Gasteiger partial charge on any atom is 0.317 e. The molecule has 0 aromatic carbocycles. The van der Waals surface area contributed by atoms with E-state index in [1.807, 2.05) is 18.7 Å². The predicted molar refractivity (Wildman–Crippen MR) is 78.6 cm³/mol. The lowest BCUT2D eigenvalue weighted by atomic mass is 9.95. The van der Waals surface area contributed by atoms with Crippen molar-refractivity contribution in [3.8, 4) is 0 Å². The summed E-state index contributed by atoms with van der Waals surface area (Å²) in [7, 11) is 0. The summed E-state index contributed by atoms with van der Waals surface area (Å²) in [6.07, 6.45) is 7.09. The van der Waals surface area contributed by atoms with E-state index in [0.29, 0.717) is 19.0 Å². The lowest BCUT2D eigenvalue weighted by Gasteiger charge is -2.27. The van der Waals surface area contributed by atoms with E-state index < -0.39 is 5.97 Å². The van der Waals surface area contributed by atoms with Gasteiger partial charge in [-0.25, -0.2) is 0 Å². The number of nitrogens with zero attached hydrogens (tertiary/aromatic N) is 1. The Kier molecular flexibility index (Phi) is 7.59. The number of carbonyl (C=O) groups is 2. The molecule has 0 bridgehead atoms. The van der Waals surface area contributed by atoms with Gasteiger partial charge in [0.25, 0.3) is 0 Å². The Morgan fingerprint density at radius 3 is 2.50 bits per heavy atom. The van der Waals surface area contributed by atoms with Gasteiger partial charge in [-0.2, -0.15) is 0 Å². The lowest BCUT2D eigenvalue weighted by molar-refractivity contribution is -0.139. The third-order valence-corrected chi connectivity index (χ3v) is 4.15. The summed E-state index contributed by atoms with van der Waals surface area (Å²) >= 11 is 0. The van der Waals surface area contributed by atoms with Gasteiger partial charge in [0.2, 0.25) is 5.91 Å². The minimum absolute atomic E-state index is 0.00567. The molecule has 0 aliphatic heterocycles. The van der Waals surface area contributed by atoms with Crippen LogP contribution in [-0.4, -0.2) is 47.1 Å². The Labute approximate surface area is 121 Å². The fourth-order valence-corrected chi connectivity index (χ4v) is 2.68. The van der Waals surface area contributed by atoms with E-state index in [9.17, 15) is 9.59 Å². The van der Waals surface area contributed by atoms with Gasteiger partial charge >= 0.3 is 5.97 Å². The molecule has 0 aromatic rings. The molecule has 1 unspecified atom stereocenters. The number of carboxylic acid groups (broad SMARTS) is 1. The number of aliphatic carboxylic acids is 1. The summed E-state index contributed by atoms with van der Waals surface area (Å²) in [5.74, 6) is -0.784. The normalized spacial score (nSPS) is 17.9. The van der Waals surface area contributed by atoms with E-state index in [2.05, 4.69) is 5.32 Å². The van der Waals surface area contributed by atoms with Crippen LogP contribution in [0.1, 0.15) is 58.8 Å². The standard InChI is InChI=1S/C15H28N2O3/c1-3-12(2)17(11-15(19)20)10-9-14(18)16-13-7-5-4-6-8-13/h12-13H,3-11H2,1-2H3,(H,16,18)(H,19,20). The van der Waals surface area contributed by atoms with Crippen LogP contribution in [0.4, 0.5) is 0 Å². The summed E-state index contributed by atoms with van der Waals surface area (Å²) in [4.78, 5) is 24.6. The van der Waals surface area contributed by atoms with Crippen molar-refractivity contribution in [1.29, 1.82) is 0 Å². The van der Waals surface area contributed by atoms with Crippen LogP contribution in [0.2, 0.25) is 0 Å². The van der Waals surface area contributed by atoms with Crippen LogP contribution in [0, 0.1) is 0 Å². The van der Waals surface area contributed by atoms with E-state index in [1.165, 1.54) is 19.3 Å². The molecule has 0 heterocycles. The Bertz CT molecular complexity index is 314. The number of carbonyl (C=O) groups excluding carboxylic acids is 1. The molecule has 5 heteroatoms. The molecule has 1 atom stereocenters. The zero-order chi connectivity index (χ0) is 15.0. The van der Waals surface area contributed by atoms with Gasteiger partial charge in [-0.05, 0) is 26.2 Å². The first kappa shape index (κ1) is 17.0. The van der Waals surface area contributed by atoms with Gasteiger partial charge in [-0.3, -0.25) is 14.5 Å². The summed E-state index contributed by atoms with van der Waals surface area (Å²) in [6, 6.07) is 0.515. The van der Waals surface area contributed by atoms with E-state index in [4.69, 9.17) is 5.11 Å². The number of nitrogens with one attached hydrogen (secondary N) is 1. The van der Waals surface area contributed by atoms with Gasteiger partial charge in [0.05, 0.1) is 6.54 Å². The van der Waals surface area contributed by atoms with Crippen LogP contribution in [-0.2, 0) is 9.59 Å². The Hall–Kier alpha value is -1.10. The fraction of sp³-hybridized carbons (Fsp3) is 0.867. The second-order valence-electron chi connectivity index (χ2n) is 5.77. The monoisotopic (exact) mass is 284 g/mol. The van der Waals surface area contributed by atoms with Crippen molar-refractivity contribution < 1.29 is 14.7 Å². The van der Waals surface area contributed by atoms with E-state index in [1.54, 1.807) is 0 Å². The van der Waals surface area contributed by atoms with Gasteiger partial charge in [0.1, 0.15) is 0 Å². The van der Waals surface area contributed by atoms with E-state index in [-0.39, 0.29) is 18.5 Å². The quantitative estimate of drug-likeness (QED) is 0.715.